The molecule has 60 heavy (non-hydrogen) atoms. The lowest BCUT2D eigenvalue weighted by Gasteiger charge is -2.15. The molecule has 0 radical (unpaired) electrons. The van der Waals surface area contributed by atoms with E-state index >= 15 is 0 Å². The number of rotatable bonds is 17. The molecule has 0 spiro atoms. The van der Waals surface area contributed by atoms with Crippen LogP contribution in [0.3, 0.4) is 0 Å². The highest BCUT2D eigenvalue weighted by Gasteiger charge is 2.23. The Labute approximate surface area is 348 Å². The molecule has 0 bridgehead atoms. The Morgan fingerprint density at radius 1 is 0.600 bits per heavy atom. The number of aromatic nitrogens is 2. The van der Waals surface area contributed by atoms with Crippen molar-refractivity contribution in [3.05, 3.63) is 145 Å². The fraction of sp³-hybridized carbons (Fsp3) is 0.250. The Kier molecular flexibility index (Phi) is 14.9. The van der Waals surface area contributed by atoms with Gasteiger partial charge in [-0.15, -0.1) is 0 Å². The number of aliphatic hydroxyl groups excluding tert-OH is 3. The summed E-state index contributed by atoms with van der Waals surface area (Å²) in [5.41, 5.74) is 11.2. The smallest absolute Gasteiger partial charge is 0.129 e. The molecule has 9 rings (SSSR count). The molecule has 1 saturated heterocycles. The van der Waals surface area contributed by atoms with E-state index in [-0.39, 0.29) is 25.9 Å². The predicted molar refractivity (Wildman–Crippen MR) is 236 cm³/mol. The normalized spacial score (nSPS) is 13.6. The van der Waals surface area contributed by atoms with E-state index in [1.807, 2.05) is 103 Å². The number of epoxide rings is 1. The average Bonchev–Trinajstić information content (AvgIpc) is 3.93. The number of nitrogens with two attached hydrogens (primary N) is 1. The van der Waals surface area contributed by atoms with Gasteiger partial charge in [0.05, 0.1) is 30.9 Å². The molecule has 12 nitrogen and oxygen atoms in total. The van der Waals surface area contributed by atoms with Crippen LogP contribution in [0.25, 0.3) is 43.6 Å². The van der Waals surface area contributed by atoms with Gasteiger partial charge in [0.1, 0.15) is 61.6 Å². The Morgan fingerprint density at radius 3 is 1.63 bits per heavy atom. The number of H-pyrrole nitrogens is 2. The summed E-state index contributed by atoms with van der Waals surface area (Å²) in [7, 11) is 0. The van der Waals surface area contributed by atoms with E-state index in [1.165, 1.54) is 5.39 Å². The molecule has 312 valence electrons. The third kappa shape index (κ3) is 10.9. The summed E-state index contributed by atoms with van der Waals surface area (Å²) in [5.74, 6) is 3.08. The fourth-order valence-corrected chi connectivity index (χ4v) is 6.79. The van der Waals surface area contributed by atoms with E-state index in [1.54, 1.807) is 0 Å². The van der Waals surface area contributed by atoms with Gasteiger partial charge in [-0.05, 0) is 48.5 Å². The highest BCUT2D eigenvalue weighted by Crippen LogP contribution is 2.34. The summed E-state index contributed by atoms with van der Waals surface area (Å²) in [6.07, 6.45) is -0.361. The first-order valence-electron chi connectivity index (χ1n) is 20.1. The summed E-state index contributed by atoms with van der Waals surface area (Å²) < 4.78 is 28.0. The largest absolute Gasteiger partial charge is 0.492 e. The summed E-state index contributed by atoms with van der Waals surface area (Å²) in [5, 5.41) is 36.2. The second-order valence-electron chi connectivity index (χ2n) is 14.2. The minimum atomic E-state index is -0.643. The molecular formula is C48H52N4O8. The predicted octanol–water partition coefficient (Wildman–Crippen LogP) is 6.84. The maximum Gasteiger partial charge on any atom is 0.129 e. The minimum absolute atomic E-state index is 0.000739. The quantitative estimate of drug-likeness (QED) is 0.0381. The van der Waals surface area contributed by atoms with Crippen molar-refractivity contribution >= 4 is 43.6 Å². The summed E-state index contributed by atoms with van der Waals surface area (Å²) >= 11 is 0. The van der Waals surface area contributed by atoms with Crippen LogP contribution in [-0.4, -0.2) is 90.2 Å². The van der Waals surface area contributed by atoms with Gasteiger partial charge in [-0.2, -0.15) is 0 Å². The van der Waals surface area contributed by atoms with Gasteiger partial charge in [-0.1, -0.05) is 84.9 Å². The van der Waals surface area contributed by atoms with Crippen LogP contribution in [0.5, 0.6) is 23.0 Å². The van der Waals surface area contributed by atoms with Crippen molar-refractivity contribution in [2.75, 3.05) is 52.7 Å². The first-order chi connectivity index (χ1) is 29.6. The molecular weight excluding hydrogens is 761 g/mol. The lowest BCUT2D eigenvalue weighted by molar-refractivity contribution is 0.106. The van der Waals surface area contributed by atoms with Gasteiger partial charge in [-0.25, -0.2) is 0 Å². The summed E-state index contributed by atoms with van der Waals surface area (Å²) in [6.45, 7) is 3.99. The van der Waals surface area contributed by atoms with Crippen molar-refractivity contribution in [3.8, 4) is 23.0 Å². The number of aliphatic hydroxyl groups is 3. The van der Waals surface area contributed by atoms with Crippen LogP contribution in [0.2, 0.25) is 0 Å². The van der Waals surface area contributed by atoms with Crippen molar-refractivity contribution in [2.45, 2.75) is 25.4 Å². The van der Waals surface area contributed by atoms with Gasteiger partial charge in [-0.3, -0.25) is 0 Å². The molecule has 1 aliphatic rings. The molecule has 6 aromatic carbocycles. The standard InChI is InChI=1S/C24H26N2O4.C15H13NO2.C9H13NO2/c27-15-17-6-1-4-10-22(17)29-13-12-25-14-18(28)16-30-23-11-5-9-21-24(23)19-7-2-3-8-20(19)26-21;1-2-5-12-11(4-1)15-13(16-12)6-3-7-14(15)18-9-10-8-17-10;10-5-6-12-9-4-2-1-3-8(9)7-11/h1-11,18,25-28H,12-16H2;1-7,10,16H,8-9H2;1-4,11H,5-7,10H2. The third-order valence-electron chi connectivity index (χ3n) is 9.82. The molecule has 3 heterocycles. The maximum atomic E-state index is 10.3. The Bertz CT molecular complexity index is 2570. The van der Waals surface area contributed by atoms with E-state index in [0.717, 1.165) is 67.5 Å². The minimum Gasteiger partial charge on any atom is -0.492 e. The Balaban J connectivity index is 0.000000153. The number of fused-ring (bicyclic) bond motifs is 6. The van der Waals surface area contributed by atoms with E-state index < -0.39 is 6.10 Å². The highest BCUT2D eigenvalue weighted by molar-refractivity contribution is 6.11. The van der Waals surface area contributed by atoms with E-state index in [2.05, 4.69) is 45.6 Å². The van der Waals surface area contributed by atoms with Gasteiger partial charge in [0.25, 0.3) is 0 Å². The zero-order valence-electron chi connectivity index (χ0n) is 33.4. The van der Waals surface area contributed by atoms with Crippen LogP contribution < -0.4 is 30.0 Å². The van der Waals surface area contributed by atoms with Crippen LogP contribution in [0.15, 0.2) is 133 Å². The van der Waals surface area contributed by atoms with E-state index in [0.29, 0.717) is 51.0 Å². The van der Waals surface area contributed by atoms with Crippen molar-refractivity contribution in [2.24, 2.45) is 5.73 Å². The van der Waals surface area contributed by atoms with Crippen LogP contribution in [0, 0.1) is 0 Å². The van der Waals surface area contributed by atoms with Gasteiger partial charge in [0.15, 0.2) is 0 Å². The third-order valence-corrected chi connectivity index (χ3v) is 9.82. The molecule has 2 unspecified atom stereocenters. The fourth-order valence-electron chi connectivity index (χ4n) is 6.79. The number of ether oxygens (including phenoxy) is 5. The number of hydrogen-bond donors (Lipinski definition) is 7. The number of hydrogen-bond acceptors (Lipinski definition) is 10. The summed E-state index contributed by atoms with van der Waals surface area (Å²) in [6, 6.07) is 43.2. The van der Waals surface area contributed by atoms with Crippen molar-refractivity contribution in [1.82, 2.24) is 15.3 Å². The SMILES string of the molecule is NCCOc1ccccc1CO.OCc1ccccc1OCCNCC(O)COc1cccc2[nH]c3ccccc3c12.c1ccc2c(c1)[nH]c1cccc(OCC3CO3)c12. The lowest BCUT2D eigenvalue weighted by Crippen LogP contribution is -2.33. The molecule has 0 saturated carbocycles. The van der Waals surface area contributed by atoms with Crippen molar-refractivity contribution in [3.63, 3.8) is 0 Å². The highest BCUT2D eigenvalue weighted by atomic mass is 16.6. The topological polar surface area (TPSA) is 180 Å². The second-order valence-corrected chi connectivity index (χ2v) is 14.2. The Morgan fingerprint density at radius 2 is 1.08 bits per heavy atom. The van der Waals surface area contributed by atoms with Gasteiger partial charge in [0, 0.05) is 63.3 Å². The number of para-hydroxylation sites is 4. The second kappa shape index (κ2) is 21.2. The van der Waals surface area contributed by atoms with E-state index in [9.17, 15) is 10.2 Å². The molecule has 1 aliphatic heterocycles. The van der Waals surface area contributed by atoms with Gasteiger partial charge >= 0.3 is 0 Å². The first-order valence-corrected chi connectivity index (χ1v) is 20.1. The number of aromatic amines is 2. The van der Waals surface area contributed by atoms with Crippen molar-refractivity contribution in [1.29, 1.82) is 0 Å². The lowest BCUT2D eigenvalue weighted by atomic mass is 10.1. The first kappa shape index (κ1) is 42.0. The molecule has 2 aromatic heterocycles. The molecule has 8 N–H and O–H groups in total. The molecule has 0 amide bonds. The molecule has 12 heteroatoms. The molecule has 8 aromatic rings. The zero-order valence-corrected chi connectivity index (χ0v) is 33.4. The van der Waals surface area contributed by atoms with Crippen LogP contribution >= 0.6 is 0 Å². The van der Waals surface area contributed by atoms with Crippen LogP contribution in [0.1, 0.15) is 11.1 Å². The summed E-state index contributed by atoms with van der Waals surface area (Å²) in [4.78, 5) is 6.80. The molecule has 2 atom stereocenters. The molecule has 1 fully saturated rings. The van der Waals surface area contributed by atoms with Crippen LogP contribution in [-0.2, 0) is 18.0 Å². The van der Waals surface area contributed by atoms with Crippen molar-refractivity contribution < 1.29 is 39.0 Å². The number of nitrogens with one attached hydrogen (secondary N) is 3. The monoisotopic (exact) mass is 812 g/mol. The Hall–Kier alpha value is -6.12. The number of benzene rings is 6. The van der Waals surface area contributed by atoms with Gasteiger partial charge in [0.2, 0.25) is 0 Å². The zero-order chi connectivity index (χ0) is 41.5. The molecule has 0 aliphatic carbocycles. The van der Waals surface area contributed by atoms with Crippen LogP contribution in [0.4, 0.5) is 0 Å². The maximum absolute atomic E-state index is 10.3. The average molecular weight is 813 g/mol. The van der Waals surface area contributed by atoms with E-state index in [4.69, 9.17) is 34.5 Å². The van der Waals surface area contributed by atoms with Gasteiger partial charge < -0.3 is 60.0 Å².